The Morgan fingerprint density at radius 1 is 1.00 bits per heavy atom. The van der Waals surface area contributed by atoms with Crippen LogP contribution in [0.3, 0.4) is 0 Å². The SMILES string of the molecule is Cc1cc(C(=O)Nc2ccccc2C#N)nc(Nc2cccc(C#N)c2)n1. The second-order valence-corrected chi connectivity index (χ2v) is 5.65. The maximum atomic E-state index is 12.6. The van der Waals surface area contributed by atoms with E-state index in [1.54, 1.807) is 61.5 Å². The lowest BCUT2D eigenvalue weighted by atomic mass is 10.2. The summed E-state index contributed by atoms with van der Waals surface area (Å²) in [4.78, 5) is 21.1. The van der Waals surface area contributed by atoms with E-state index in [2.05, 4.69) is 26.7 Å². The number of nitriles is 2. The Labute approximate surface area is 155 Å². The number of aryl methyl sites for hydroxylation is 1. The van der Waals surface area contributed by atoms with Gasteiger partial charge in [-0.1, -0.05) is 18.2 Å². The molecule has 0 unspecified atom stereocenters. The van der Waals surface area contributed by atoms with E-state index < -0.39 is 5.91 Å². The van der Waals surface area contributed by atoms with Crippen LogP contribution < -0.4 is 10.6 Å². The summed E-state index contributed by atoms with van der Waals surface area (Å²) < 4.78 is 0. The summed E-state index contributed by atoms with van der Waals surface area (Å²) in [5.74, 6) is -0.208. The molecule has 2 aromatic carbocycles. The molecule has 0 saturated carbocycles. The number of hydrogen-bond acceptors (Lipinski definition) is 6. The molecular formula is C20H14N6O. The van der Waals surface area contributed by atoms with Crippen molar-refractivity contribution in [2.24, 2.45) is 0 Å². The van der Waals surface area contributed by atoms with Gasteiger partial charge in [0, 0.05) is 11.4 Å². The van der Waals surface area contributed by atoms with Crippen LogP contribution in [0.4, 0.5) is 17.3 Å². The van der Waals surface area contributed by atoms with Gasteiger partial charge in [-0.25, -0.2) is 9.97 Å². The van der Waals surface area contributed by atoms with Crippen molar-refractivity contribution in [3.63, 3.8) is 0 Å². The van der Waals surface area contributed by atoms with E-state index in [-0.39, 0.29) is 11.6 Å². The van der Waals surface area contributed by atoms with E-state index in [0.29, 0.717) is 28.2 Å². The standard InChI is InChI=1S/C20H14N6O/c1-13-9-18(19(27)25-17-8-3-2-6-15(17)12-22)26-20(23-13)24-16-7-4-5-14(10-16)11-21/h2-10H,1H3,(H,25,27)(H,23,24,26). The zero-order chi connectivity index (χ0) is 19.2. The molecule has 0 aliphatic heterocycles. The van der Waals surface area contributed by atoms with Gasteiger partial charge in [-0.3, -0.25) is 4.79 Å². The van der Waals surface area contributed by atoms with Crippen LogP contribution in [0.1, 0.15) is 27.3 Å². The van der Waals surface area contributed by atoms with E-state index in [4.69, 9.17) is 10.5 Å². The average molecular weight is 354 g/mol. The van der Waals surface area contributed by atoms with Crippen LogP contribution in [0.5, 0.6) is 0 Å². The Hall–Kier alpha value is -4.23. The minimum absolute atomic E-state index is 0.161. The van der Waals surface area contributed by atoms with Crippen LogP contribution in [-0.4, -0.2) is 15.9 Å². The first-order chi connectivity index (χ1) is 13.1. The van der Waals surface area contributed by atoms with Crippen LogP contribution in [0.15, 0.2) is 54.6 Å². The lowest BCUT2D eigenvalue weighted by Crippen LogP contribution is -2.16. The minimum atomic E-state index is -0.447. The van der Waals surface area contributed by atoms with Crippen LogP contribution in [0.25, 0.3) is 0 Å². The van der Waals surface area contributed by atoms with Crippen molar-refractivity contribution in [1.29, 1.82) is 10.5 Å². The third-order valence-corrected chi connectivity index (χ3v) is 3.63. The number of amides is 1. The van der Waals surface area contributed by atoms with Gasteiger partial charge in [0.15, 0.2) is 0 Å². The molecular weight excluding hydrogens is 340 g/mol. The molecule has 3 rings (SSSR count). The molecule has 1 heterocycles. The van der Waals surface area contributed by atoms with Gasteiger partial charge in [0.2, 0.25) is 5.95 Å². The van der Waals surface area contributed by atoms with Crippen LogP contribution >= 0.6 is 0 Å². The Balaban J connectivity index is 1.85. The van der Waals surface area contributed by atoms with Gasteiger partial charge < -0.3 is 10.6 Å². The van der Waals surface area contributed by atoms with Crippen molar-refractivity contribution in [2.75, 3.05) is 10.6 Å². The zero-order valence-corrected chi connectivity index (χ0v) is 14.4. The Bertz CT molecular complexity index is 1090. The van der Waals surface area contributed by atoms with E-state index in [1.807, 2.05) is 6.07 Å². The van der Waals surface area contributed by atoms with Crippen LogP contribution in [-0.2, 0) is 0 Å². The number of anilines is 3. The maximum Gasteiger partial charge on any atom is 0.274 e. The minimum Gasteiger partial charge on any atom is -0.324 e. The highest BCUT2D eigenvalue weighted by molar-refractivity contribution is 6.03. The fraction of sp³-hybridized carbons (Fsp3) is 0.0500. The first-order valence-corrected chi connectivity index (χ1v) is 8.02. The van der Waals surface area contributed by atoms with Crippen molar-refractivity contribution in [3.05, 3.63) is 77.1 Å². The van der Waals surface area contributed by atoms with Crippen molar-refractivity contribution in [2.45, 2.75) is 6.92 Å². The predicted molar refractivity (Wildman–Crippen MR) is 100 cm³/mol. The second kappa shape index (κ2) is 7.77. The third kappa shape index (κ3) is 4.25. The molecule has 0 saturated heterocycles. The number of hydrogen-bond donors (Lipinski definition) is 2. The van der Waals surface area contributed by atoms with Crippen molar-refractivity contribution in [3.8, 4) is 12.1 Å². The predicted octanol–water partition coefficient (Wildman–Crippen LogP) is 3.52. The van der Waals surface area contributed by atoms with Crippen molar-refractivity contribution >= 4 is 23.2 Å². The topological polar surface area (TPSA) is 114 Å². The molecule has 1 aromatic heterocycles. The summed E-state index contributed by atoms with van der Waals surface area (Å²) >= 11 is 0. The first kappa shape index (κ1) is 17.6. The number of para-hydroxylation sites is 1. The molecule has 0 fully saturated rings. The summed E-state index contributed by atoms with van der Waals surface area (Å²) in [7, 11) is 0. The highest BCUT2D eigenvalue weighted by Gasteiger charge is 2.13. The summed E-state index contributed by atoms with van der Waals surface area (Å²) in [6.45, 7) is 1.75. The molecule has 0 aliphatic rings. The molecule has 27 heavy (non-hydrogen) atoms. The summed E-state index contributed by atoms with van der Waals surface area (Å²) in [5, 5.41) is 23.8. The molecule has 7 heteroatoms. The highest BCUT2D eigenvalue weighted by Crippen LogP contribution is 2.17. The highest BCUT2D eigenvalue weighted by atomic mass is 16.1. The van der Waals surface area contributed by atoms with Gasteiger partial charge in [0.1, 0.15) is 11.8 Å². The summed E-state index contributed by atoms with van der Waals surface area (Å²) in [6.07, 6.45) is 0. The van der Waals surface area contributed by atoms with Gasteiger partial charge in [0.25, 0.3) is 5.91 Å². The van der Waals surface area contributed by atoms with Gasteiger partial charge in [-0.05, 0) is 43.3 Å². The lowest BCUT2D eigenvalue weighted by molar-refractivity contribution is 0.102. The van der Waals surface area contributed by atoms with Crippen molar-refractivity contribution in [1.82, 2.24) is 9.97 Å². The molecule has 0 radical (unpaired) electrons. The van der Waals surface area contributed by atoms with E-state index in [1.165, 1.54) is 0 Å². The molecule has 0 spiro atoms. The van der Waals surface area contributed by atoms with E-state index in [0.717, 1.165) is 0 Å². The smallest absolute Gasteiger partial charge is 0.274 e. The molecule has 3 aromatic rings. The van der Waals surface area contributed by atoms with Gasteiger partial charge in [-0.2, -0.15) is 10.5 Å². The summed E-state index contributed by atoms with van der Waals surface area (Å²) in [6, 6.07) is 19.2. The van der Waals surface area contributed by atoms with Crippen molar-refractivity contribution < 1.29 is 4.79 Å². The number of aromatic nitrogens is 2. The van der Waals surface area contributed by atoms with Crippen LogP contribution in [0, 0.1) is 29.6 Å². The van der Waals surface area contributed by atoms with Gasteiger partial charge in [0.05, 0.1) is 22.9 Å². The monoisotopic (exact) mass is 354 g/mol. The number of benzene rings is 2. The zero-order valence-electron chi connectivity index (χ0n) is 14.4. The van der Waals surface area contributed by atoms with Crippen LogP contribution in [0.2, 0.25) is 0 Å². The number of carbonyl (C=O) groups excluding carboxylic acids is 1. The first-order valence-electron chi connectivity index (χ1n) is 8.02. The Kier molecular flexibility index (Phi) is 5.06. The average Bonchev–Trinajstić information content (AvgIpc) is 2.68. The number of nitrogens with zero attached hydrogens (tertiary/aromatic N) is 4. The second-order valence-electron chi connectivity index (χ2n) is 5.65. The number of rotatable bonds is 4. The number of carbonyl (C=O) groups is 1. The van der Waals surface area contributed by atoms with E-state index in [9.17, 15) is 4.79 Å². The fourth-order valence-corrected chi connectivity index (χ4v) is 2.41. The Morgan fingerprint density at radius 3 is 2.59 bits per heavy atom. The molecule has 0 bridgehead atoms. The number of nitrogens with one attached hydrogen (secondary N) is 2. The quantitative estimate of drug-likeness (QED) is 0.741. The molecule has 7 nitrogen and oxygen atoms in total. The Morgan fingerprint density at radius 2 is 1.81 bits per heavy atom. The largest absolute Gasteiger partial charge is 0.324 e. The normalized spacial score (nSPS) is 9.74. The van der Waals surface area contributed by atoms with E-state index >= 15 is 0 Å². The third-order valence-electron chi connectivity index (χ3n) is 3.63. The van der Waals surface area contributed by atoms with Gasteiger partial charge >= 0.3 is 0 Å². The fourth-order valence-electron chi connectivity index (χ4n) is 2.41. The summed E-state index contributed by atoms with van der Waals surface area (Å²) in [5.41, 5.74) is 2.68. The lowest BCUT2D eigenvalue weighted by Gasteiger charge is -2.10. The molecule has 1 amide bonds. The molecule has 0 atom stereocenters. The molecule has 0 aliphatic carbocycles. The molecule has 2 N–H and O–H groups in total. The molecule has 130 valence electrons. The maximum absolute atomic E-state index is 12.6. The van der Waals surface area contributed by atoms with Gasteiger partial charge in [-0.15, -0.1) is 0 Å².